The zero-order valence-electron chi connectivity index (χ0n) is 11.7. The maximum absolute atomic E-state index is 12.5. The van der Waals surface area contributed by atoms with Gasteiger partial charge in [0.2, 0.25) is 16.8 Å². The van der Waals surface area contributed by atoms with Crippen LogP contribution in [0.1, 0.15) is 5.56 Å². The third-order valence-electron chi connectivity index (χ3n) is 3.25. The van der Waals surface area contributed by atoms with Crippen molar-refractivity contribution in [3.63, 3.8) is 0 Å². The Hall–Kier alpha value is -1.83. The van der Waals surface area contributed by atoms with Gasteiger partial charge in [-0.15, -0.1) is 0 Å². The number of hydrogen-bond acceptors (Lipinski definition) is 5. The normalized spacial score (nSPS) is 13.6. The molecule has 0 fully saturated rings. The van der Waals surface area contributed by atoms with Gasteiger partial charge < -0.3 is 9.47 Å². The van der Waals surface area contributed by atoms with Crippen molar-refractivity contribution in [1.82, 2.24) is 9.29 Å². The van der Waals surface area contributed by atoms with Crippen molar-refractivity contribution >= 4 is 21.6 Å². The lowest BCUT2D eigenvalue weighted by molar-refractivity contribution is 0.174. The summed E-state index contributed by atoms with van der Waals surface area (Å²) in [6.07, 6.45) is 1.24. The van der Waals surface area contributed by atoms with Crippen molar-refractivity contribution in [1.29, 1.82) is 0 Å². The average Bonchev–Trinajstić information content (AvgIpc) is 2.95. The lowest BCUT2D eigenvalue weighted by atomic mass is 10.2. The molecule has 1 aliphatic heterocycles. The summed E-state index contributed by atoms with van der Waals surface area (Å²) in [5.41, 5.74) is 0.803. The summed E-state index contributed by atoms with van der Waals surface area (Å²) in [6.45, 7) is 0.394. The van der Waals surface area contributed by atoms with E-state index in [9.17, 15) is 8.42 Å². The molecule has 0 bridgehead atoms. The van der Waals surface area contributed by atoms with E-state index in [2.05, 4.69) is 4.98 Å². The smallest absolute Gasteiger partial charge is 0.244 e. The lowest BCUT2D eigenvalue weighted by Crippen LogP contribution is -2.26. The molecule has 0 unspecified atom stereocenters. The number of ether oxygens (including phenoxy) is 2. The van der Waals surface area contributed by atoms with E-state index in [0.717, 1.165) is 5.56 Å². The van der Waals surface area contributed by atoms with Crippen molar-refractivity contribution in [3.05, 3.63) is 47.2 Å². The lowest BCUT2D eigenvalue weighted by Gasteiger charge is -2.17. The van der Waals surface area contributed by atoms with E-state index in [4.69, 9.17) is 21.1 Å². The molecule has 0 N–H and O–H groups in total. The molecule has 0 atom stereocenters. The third kappa shape index (κ3) is 2.87. The quantitative estimate of drug-likeness (QED) is 0.799. The summed E-state index contributed by atoms with van der Waals surface area (Å²) in [7, 11) is -2.12. The maximum atomic E-state index is 12.5. The Morgan fingerprint density at radius 3 is 2.73 bits per heavy atom. The van der Waals surface area contributed by atoms with Gasteiger partial charge in [-0.25, -0.2) is 13.4 Å². The highest BCUT2D eigenvalue weighted by Crippen LogP contribution is 2.33. The first kappa shape index (κ1) is 15.1. The first-order chi connectivity index (χ1) is 10.5. The number of rotatable bonds is 4. The Bertz CT molecular complexity index is 793. The summed E-state index contributed by atoms with van der Waals surface area (Å²) in [5, 5.41) is 0.248. The van der Waals surface area contributed by atoms with Crippen LogP contribution in [0, 0.1) is 0 Å². The van der Waals surface area contributed by atoms with Gasteiger partial charge in [-0.2, -0.15) is 4.31 Å². The number of benzene rings is 1. The predicted molar refractivity (Wildman–Crippen MR) is 80.5 cm³/mol. The average molecular weight is 341 g/mol. The molecule has 3 rings (SSSR count). The highest BCUT2D eigenvalue weighted by Gasteiger charge is 2.22. The molecule has 22 heavy (non-hydrogen) atoms. The maximum Gasteiger partial charge on any atom is 0.244 e. The summed E-state index contributed by atoms with van der Waals surface area (Å²) in [5.74, 6) is 1.28. The fourth-order valence-corrected chi connectivity index (χ4v) is 3.29. The molecule has 1 aromatic heterocycles. The Kier molecular flexibility index (Phi) is 3.94. The van der Waals surface area contributed by atoms with Gasteiger partial charge in [0.05, 0.1) is 0 Å². The van der Waals surface area contributed by atoms with Crippen LogP contribution in [0.25, 0.3) is 0 Å². The molecule has 2 aromatic rings. The van der Waals surface area contributed by atoms with Crippen LogP contribution in [-0.2, 0) is 16.6 Å². The van der Waals surface area contributed by atoms with E-state index in [1.54, 1.807) is 18.2 Å². The molecule has 1 aromatic carbocycles. The van der Waals surface area contributed by atoms with Gasteiger partial charge in [0, 0.05) is 19.8 Å². The Morgan fingerprint density at radius 2 is 2.00 bits per heavy atom. The first-order valence-electron chi connectivity index (χ1n) is 6.43. The van der Waals surface area contributed by atoms with Crippen molar-refractivity contribution in [3.8, 4) is 11.5 Å². The minimum absolute atomic E-state index is 0.0974. The van der Waals surface area contributed by atoms with Gasteiger partial charge in [-0.05, 0) is 29.8 Å². The number of nitrogens with zero attached hydrogens (tertiary/aromatic N) is 2. The van der Waals surface area contributed by atoms with Crippen molar-refractivity contribution < 1.29 is 17.9 Å². The van der Waals surface area contributed by atoms with E-state index >= 15 is 0 Å². The van der Waals surface area contributed by atoms with Crippen LogP contribution >= 0.6 is 11.6 Å². The van der Waals surface area contributed by atoms with Gasteiger partial charge in [0.15, 0.2) is 11.5 Å². The summed E-state index contributed by atoms with van der Waals surface area (Å²) < 4.78 is 36.7. The van der Waals surface area contributed by atoms with Gasteiger partial charge >= 0.3 is 0 Å². The minimum atomic E-state index is -3.63. The molecule has 0 amide bonds. The molecule has 0 radical (unpaired) electrons. The first-order valence-corrected chi connectivity index (χ1v) is 8.25. The largest absolute Gasteiger partial charge is 0.454 e. The summed E-state index contributed by atoms with van der Waals surface area (Å²) in [6, 6.07) is 8.22. The number of pyridine rings is 1. The highest BCUT2D eigenvalue weighted by molar-refractivity contribution is 7.89. The fourth-order valence-electron chi connectivity index (χ4n) is 2.08. The monoisotopic (exact) mass is 340 g/mol. The second-order valence-electron chi connectivity index (χ2n) is 4.77. The van der Waals surface area contributed by atoms with Gasteiger partial charge in [0.1, 0.15) is 10.0 Å². The second kappa shape index (κ2) is 5.75. The van der Waals surface area contributed by atoms with E-state index in [1.807, 2.05) is 0 Å². The molecule has 2 heterocycles. The molecular weight excluding hydrogens is 328 g/mol. The van der Waals surface area contributed by atoms with Gasteiger partial charge in [-0.3, -0.25) is 0 Å². The van der Waals surface area contributed by atoms with E-state index < -0.39 is 10.0 Å². The number of hydrogen-bond donors (Lipinski definition) is 0. The van der Waals surface area contributed by atoms with Crippen LogP contribution in [0.3, 0.4) is 0 Å². The Balaban J connectivity index is 1.81. The molecule has 1 aliphatic rings. The zero-order valence-corrected chi connectivity index (χ0v) is 13.3. The SMILES string of the molecule is CN(Cc1ccc2c(c1)OCO2)S(=O)(=O)c1ccc(Cl)nc1. The number of fused-ring (bicyclic) bond motifs is 1. The van der Waals surface area contributed by atoms with Crippen molar-refractivity contribution in [2.75, 3.05) is 13.8 Å². The summed E-state index contributed by atoms with van der Waals surface area (Å²) >= 11 is 5.68. The minimum Gasteiger partial charge on any atom is -0.454 e. The fraction of sp³-hybridized carbons (Fsp3) is 0.214. The third-order valence-corrected chi connectivity index (χ3v) is 5.26. The van der Waals surface area contributed by atoms with Crippen LogP contribution in [0.2, 0.25) is 5.15 Å². The molecule has 6 nitrogen and oxygen atoms in total. The standard InChI is InChI=1S/C14H13ClN2O4S/c1-17(22(18,19)11-3-5-14(15)16-7-11)8-10-2-4-12-13(6-10)21-9-20-12/h2-7H,8-9H2,1H3. The van der Waals surface area contributed by atoms with Gasteiger partial charge in [0.25, 0.3) is 0 Å². The zero-order chi connectivity index (χ0) is 15.7. The molecule has 0 saturated heterocycles. The van der Waals surface area contributed by atoms with Crippen LogP contribution in [0.4, 0.5) is 0 Å². The van der Waals surface area contributed by atoms with Crippen LogP contribution < -0.4 is 9.47 Å². The van der Waals surface area contributed by atoms with Crippen molar-refractivity contribution in [2.24, 2.45) is 0 Å². The molecule has 0 aliphatic carbocycles. The molecule has 8 heteroatoms. The number of halogens is 1. The van der Waals surface area contributed by atoms with E-state index in [0.29, 0.717) is 11.5 Å². The number of sulfonamides is 1. The number of aromatic nitrogens is 1. The van der Waals surface area contributed by atoms with E-state index in [1.165, 1.54) is 29.7 Å². The Morgan fingerprint density at radius 1 is 1.23 bits per heavy atom. The predicted octanol–water partition coefficient (Wildman–Crippen LogP) is 2.28. The summed E-state index contributed by atoms with van der Waals surface area (Å²) in [4.78, 5) is 3.90. The molecule has 0 spiro atoms. The van der Waals surface area contributed by atoms with Gasteiger partial charge in [-0.1, -0.05) is 17.7 Å². The Labute approximate surface area is 133 Å². The second-order valence-corrected chi connectivity index (χ2v) is 7.20. The van der Waals surface area contributed by atoms with Crippen molar-refractivity contribution in [2.45, 2.75) is 11.4 Å². The topological polar surface area (TPSA) is 68.7 Å². The molecule has 116 valence electrons. The molecular formula is C14H13ClN2O4S. The molecule has 0 saturated carbocycles. The van der Waals surface area contributed by atoms with Crippen LogP contribution in [-0.4, -0.2) is 31.5 Å². The van der Waals surface area contributed by atoms with Crippen LogP contribution in [0.15, 0.2) is 41.4 Å². The highest BCUT2D eigenvalue weighted by atomic mass is 35.5. The van der Waals surface area contributed by atoms with E-state index in [-0.39, 0.29) is 23.4 Å². The van der Waals surface area contributed by atoms with Crippen LogP contribution in [0.5, 0.6) is 11.5 Å².